The lowest BCUT2D eigenvalue weighted by atomic mass is 10.2. The highest BCUT2D eigenvalue weighted by molar-refractivity contribution is 7.73. The van der Waals surface area contributed by atoms with Gasteiger partial charge in [-0.15, -0.1) is 0 Å². The molecule has 0 spiro atoms. The van der Waals surface area contributed by atoms with Crippen molar-refractivity contribution in [3.63, 3.8) is 0 Å². The number of hydrogen-bond donors (Lipinski definition) is 0. The molecule has 2 aromatic rings. The second kappa shape index (κ2) is 8.62. The first-order chi connectivity index (χ1) is 10.6. The van der Waals surface area contributed by atoms with E-state index in [4.69, 9.17) is 4.43 Å². The van der Waals surface area contributed by atoms with E-state index in [0.29, 0.717) is 0 Å². The summed E-state index contributed by atoms with van der Waals surface area (Å²) in [5.41, 5.74) is 0.0375. The molecule has 2 aromatic carbocycles. The van der Waals surface area contributed by atoms with Crippen LogP contribution in [-0.2, 0) is 4.43 Å². The Morgan fingerprint density at radius 2 is 1.36 bits per heavy atom. The molecule has 0 fully saturated rings. The van der Waals surface area contributed by atoms with Gasteiger partial charge in [0.15, 0.2) is 9.76 Å². The van der Waals surface area contributed by atoms with E-state index in [-0.39, 0.29) is 23.3 Å². The van der Waals surface area contributed by atoms with Crippen LogP contribution >= 0.6 is 7.92 Å². The molecule has 0 saturated carbocycles. The van der Waals surface area contributed by atoms with E-state index in [1.165, 1.54) is 29.2 Å². The largest absolute Gasteiger partial charge is 0.419 e. The second-order valence-corrected chi connectivity index (χ2v) is 10.2. The van der Waals surface area contributed by atoms with Gasteiger partial charge in [0.2, 0.25) is 0 Å². The third kappa shape index (κ3) is 6.04. The van der Waals surface area contributed by atoms with Gasteiger partial charge in [0, 0.05) is 5.60 Å². The minimum absolute atomic E-state index is 0.0375. The Bertz CT molecular complexity index is 497. The van der Waals surface area contributed by atoms with Crippen LogP contribution in [0.2, 0.25) is 6.04 Å². The predicted octanol–water partition coefficient (Wildman–Crippen LogP) is 3.83. The van der Waals surface area contributed by atoms with Crippen molar-refractivity contribution < 1.29 is 4.43 Å². The molecule has 0 amide bonds. The molecular weight excluding hydrogens is 303 g/mol. The lowest BCUT2D eigenvalue weighted by molar-refractivity contribution is 0.138. The normalized spacial score (nSPS) is 12.4. The second-order valence-electron chi connectivity index (χ2n) is 6.49. The fourth-order valence-electron chi connectivity index (χ4n) is 2.37. The summed E-state index contributed by atoms with van der Waals surface area (Å²) in [7, 11) is -0.614. The Labute approximate surface area is 138 Å². The SMILES string of the molecule is CC(C)(C)O[SiH2]CCCP(c1ccccc1)c1ccccc1. The van der Waals surface area contributed by atoms with Crippen molar-refractivity contribution in [1.82, 2.24) is 0 Å². The van der Waals surface area contributed by atoms with Crippen LogP contribution in [0.1, 0.15) is 27.2 Å². The quantitative estimate of drug-likeness (QED) is 0.426. The fourth-order valence-corrected chi connectivity index (χ4v) is 6.42. The van der Waals surface area contributed by atoms with Crippen LogP contribution in [0, 0.1) is 0 Å². The molecule has 1 nitrogen and oxygen atoms in total. The summed E-state index contributed by atoms with van der Waals surface area (Å²) in [6, 6.07) is 23.2. The molecule has 0 aliphatic heterocycles. The van der Waals surface area contributed by atoms with Crippen molar-refractivity contribution >= 4 is 28.3 Å². The van der Waals surface area contributed by atoms with Gasteiger partial charge < -0.3 is 4.43 Å². The van der Waals surface area contributed by atoms with Gasteiger partial charge >= 0.3 is 0 Å². The Balaban J connectivity index is 1.95. The van der Waals surface area contributed by atoms with Crippen molar-refractivity contribution in [2.24, 2.45) is 0 Å². The molecule has 0 atom stereocenters. The molecule has 0 aliphatic carbocycles. The minimum atomic E-state index is -0.385. The van der Waals surface area contributed by atoms with E-state index in [1.54, 1.807) is 0 Å². The Morgan fingerprint density at radius 3 is 1.82 bits per heavy atom. The monoisotopic (exact) mass is 330 g/mol. The molecule has 2 rings (SSSR count). The highest BCUT2D eigenvalue weighted by atomic mass is 31.1. The third-order valence-corrected chi connectivity index (χ3v) is 7.91. The van der Waals surface area contributed by atoms with E-state index in [9.17, 15) is 0 Å². The molecule has 0 N–H and O–H groups in total. The highest BCUT2D eigenvalue weighted by Gasteiger charge is 2.13. The van der Waals surface area contributed by atoms with E-state index in [0.717, 1.165) is 0 Å². The van der Waals surface area contributed by atoms with Gasteiger partial charge in [0.05, 0.1) is 0 Å². The van der Waals surface area contributed by atoms with Crippen LogP contribution < -0.4 is 10.6 Å². The molecule has 0 aliphatic rings. The van der Waals surface area contributed by atoms with Crippen LogP contribution in [0.3, 0.4) is 0 Å². The first-order valence-corrected chi connectivity index (χ1v) is 11.2. The molecule has 0 unspecified atom stereocenters. The summed E-state index contributed by atoms with van der Waals surface area (Å²) in [4.78, 5) is 0. The van der Waals surface area contributed by atoms with Crippen LogP contribution in [0.4, 0.5) is 0 Å². The summed E-state index contributed by atoms with van der Waals surface area (Å²) in [6.45, 7) is 6.46. The van der Waals surface area contributed by atoms with Crippen molar-refractivity contribution in [2.75, 3.05) is 6.16 Å². The zero-order chi connectivity index (χ0) is 15.8. The van der Waals surface area contributed by atoms with Crippen molar-refractivity contribution in [3.8, 4) is 0 Å². The zero-order valence-electron chi connectivity index (χ0n) is 14.0. The maximum atomic E-state index is 5.97. The lowest BCUT2D eigenvalue weighted by Gasteiger charge is -2.21. The van der Waals surface area contributed by atoms with Gasteiger partial charge in [-0.3, -0.25) is 0 Å². The summed E-state index contributed by atoms with van der Waals surface area (Å²) in [6.07, 6.45) is 2.54. The van der Waals surface area contributed by atoms with E-state index in [1.807, 2.05) is 0 Å². The van der Waals surface area contributed by atoms with Crippen molar-refractivity contribution in [3.05, 3.63) is 60.7 Å². The molecule has 3 heteroatoms. The van der Waals surface area contributed by atoms with Gasteiger partial charge in [-0.25, -0.2) is 0 Å². The van der Waals surface area contributed by atoms with Gasteiger partial charge in [-0.2, -0.15) is 0 Å². The Kier molecular flexibility index (Phi) is 6.82. The van der Waals surface area contributed by atoms with Crippen molar-refractivity contribution in [2.45, 2.75) is 38.8 Å². The number of benzene rings is 2. The zero-order valence-corrected chi connectivity index (χ0v) is 16.3. The van der Waals surface area contributed by atoms with Gasteiger partial charge in [0.1, 0.15) is 0 Å². The molecule has 0 aromatic heterocycles. The summed E-state index contributed by atoms with van der Waals surface area (Å²) in [5.74, 6) is 0. The highest BCUT2D eigenvalue weighted by Crippen LogP contribution is 2.34. The van der Waals surface area contributed by atoms with E-state index >= 15 is 0 Å². The summed E-state index contributed by atoms with van der Waals surface area (Å²) in [5, 5.41) is 2.98. The van der Waals surface area contributed by atoms with Crippen LogP contribution in [0.5, 0.6) is 0 Å². The smallest absolute Gasteiger partial charge is 0.162 e. The lowest BCUT2D eigenvalue weighted by Crippen LogP contribution is -2.21. The molecule has 0 heterocycles. The average molecular weight is 330 g/mol. The van der Waals surface area contributed by atoms with Gasteiger partial charge in [-0.1, -0.05) is 60.7 Å². The van der Waals surface area contributed by atoms with Gasteiger partial charge in [0.25, 0.3) is 0 Å². The van der Waals surface area contributed by atoms with Crippen molar-refractivity contribution in [1.29, 1.82) is 0 Å². The summed E-state index contributed by atoms with van der Waals surface area (Å²) < 4.78 is 5.97. The Hall–Kier alpha value is -0.953. The Morgan fingerprint density at radius 1 is 0.864 bits per heavy atom. The third-order valence-electron chi connectivity index (χ3n) is 3.45. The first-order valence-electron chi connectivity index (χ1n) is 8.08. The minimum Gasteiger partial charge on any atom is -0.419 e. The molecular formula is C19H27OPSi. The first kappa shape index (κ1) is 17.4. The van der Waals surface area contributed by atoms with Gasteiger partial charge in [-0.05, 0) is 57.9 Å². The molecule has 118 valence electrons. The molecule has 0 bridgehead atoms. The fraction of sp³-hybridized carbons (Fsp3) is 0.368. The average Bonchev–Trinajstić information content (AvgIpc) is 2.51. The molecule has 0 saturated heterocycles. The predicted molar refractivity (Wildman–Crippen MR) is 103 cm³/mol. The maximum absolute atomic E-state index is 5.97. The topological polar surface area (TPSA) is 9.23 Å². The molecule has 22 heavy (non-hydrogen) atoms. The van der Waals surface area contributed by atoms with E-state index < -0.39 is 0 Å². The maximum Gasteiger partial charge on any atom is 0.162 e. The van der Waals surface area contributed by atoms with E-state index in [2.05, 4.69) is 81.4 Å². The van der Waals surface area contributed by atoms with Crippen LogP contribution in [0.15, 0.2) is 60.7 Å². The number of rotatable bonds is 7. The van der Waals surface area contributed by atoms with Crippen LogP contribution in [-0.4, -0.2) is 21.5 Å². The summed E-state index contributed by atoms with van der Waals surface area (Å²) >= 11 is 0. The number of hydrogen-bond acceptors (Lipinski definition) is 1. The van der Waals surface area contributed by atoms with Crippen LogP contribution in [0.25, 0.3) is 0 Å². The standard InChI is InChI=1S/C19H27OPSi/c1-19(2,3)20-22-16-10-15-21(17-11-6-4-7-12-17)18-13-8-5-9-14-18/h4-9,11-14H,10,15-16,22H2,1-3H3. The molecule has 0 radical (unpaired) electrons.